The second-order valence-electron chi connectivity index (χ2n) is 4.74. The van der Waals surface area contributed by atoms with Gasteiger partial charge in [-0.25, -0.2) is 0 Å². The van der Waals surface area contributed by atoms with Gasteiger partial charge in [0, 0.05) is 17.8 Å². The van der Waals surface area contributed by atoms with Crippen LogP contribution >= 0.6 is 11.6 Å². The van der Waals surface area contributed by atoms with Crippen molar-refractivity contribution in [3.8, 4) is 0 Å². The van der Waals surface area contributed by atoms with Crippen LogP contribution in [0, 0.1) is 5.92 Å². The largest absolute Gasteiger partial charge is 0.481 e. The van der Waals surface area contributed by atoms with Crippen LogP contribution in [0.4, 0.5) is 0 Å². The van der Waals surface area contributed by atoms with Crippen molar-refractivity contribution in [2.75, 3.05) is 0 Å². The molecule has 2 aromatic rings. The fourth-order valence-electron chi connectivity index (χ4n) is 2.15. The van der Waals surface area contributed by atoms with E-state index in [9.17, 15) is 9.90 Å². The Morgan fingerprint density at radius 3 is 2.75 bits per heavy atom. The standard InChI is InChI=1S/C15H17ClN2O2/c1-2-18-10-11(9-17-18)7-13(15(19)20)8-12-5-3-4-6-14(12)16/h3-6,9-10,13H,2,7-8H2,1H3,(H,19,20). The third-order valence-electron chi connectivity index (χ3n) is 3.27. The van der Waals surface area contributed by atoms with E-state index < -0.39 is 11.9 Å². The number of aromatic nitrogens is 2. The number of halogens is 1. The van der Waals surface area contributed by atoms with Crippen LogP contribution in [0.25, 0.3) is 0 Å². The third kappa shape index (κ3) is 3.61. The summed E-state index contributed by atoms with van der Waals surface area (Å²) >= 11 is 6.09. The molecule has 0 saturated carbocycles. The second kappa shape index (κ2) is 6.57. The molecule has 0 amide bonds. The normalized spacial score (nSPS) is 12.3. The van der Waals surface area contributed by atoms with Crippen molar-refractivity contribution in [1.29, 1.82) is 0 Å². The summed E-state index contributed by atoms with van der Waals surface area (Å²) in [6, 6.07) is 7.36. The Hall–Kier alpha value is -1.81. The minimum atomic E-state index is -0.811. The predicted octanol–water partition coefficient (Wildman–Crippen LogP) is 3.04. The van der Waals surface area contributed by atoms with E-state index >= 15 is 0 Å². The summed E-state index contributed by atoms with van der Waals surface area (Å²) in [5, 5.41) is 14.2. The van der Waals surface area contributed by atoms with Crippen molar-refractivity contribution in [1.82, 2.24) is 9.78 Å². The van der Waals surface area contributed by atoms with Crippen molar-refractivity contribution in [3.63, 3.8) is 0 Å². The molecular weight excluding hydrogens is 276 g/mol. The molecule has 4 nitrogen and oxygen atoms in total. The average molecular weight is 293 g/mol. The molecular formula is C15H17ClN2O2. The van der Waals surface area contributed by atoms with Crippen LogP contribution in [-0.2, 0) is 24.2 Å². The molecule has 1 heterocycles. The number of aryl methyl sites for hydroxylation is 1. The van der Waals surface area contributed by atoms with E-state index in [0.717, 1.165) is 17.7 Å². The number of aliphatic carboxylic acids is 1. The molecule has 20 heavy (non-hydrogen) atoms. The molecule has 0 aliphatic heterocycles. The summed E-state index contributed by atoms with van der Waals surface area (Å²) in [6.07, 6.45) is 4.50. The van der Waals surface area contributed by atoms with Gasteiger partial charge in [-0.05, 0) is 37.0 Å². The van der Waals surface area contributed by atoms with Gasteiger partial charge in [-0.3, -0.25) is 9.48 Å². The van der Waals surface area contributed by atoms with E-state index in [4.69, 9.17) is 11.6 Å². The van der Waals surface area contributed by atoms with Gasteiger partial charge in [0.1, 0.15) is 0 Å². The van der Waals surface area contributed by atoms with Crippen LogP contribution in [0.5, 0.6) is 0 Å². The fourth-order valence-corrected chi connectivity index (χ4v) is 2.36. The zero-order valence-electron chi connectivity index (χ0n) is 11.3. The minimum absolute atomic E-state index is 0.423. The summed E-state index contributed by atoms with van der Waals surface area (Å²) in [7, 11) is 0. The highest BCUT2D eigenvalue weighted by atomic mass is 35.5. The molecule has 1 atom stereocenters. The lowest BCUT2D eigenvalue weighted by Gasteiger charge is -2.12. The van der Waals surface area contributed by atoms with Crippen LogP contribution in [0.15, 0.2) is 36.7 Å². The fraction of sp³-hybridized carbons (Fsp3) is 0.333. The van der Waals surface area contributed by atoms with Crippen LogP contribution < -0.4 is 0 Å². The van der Waals surface area contributed by atoms with Crippen molar-refractivity contribution in [2.24, 2.45) is 5.92 Å². The van der Waals surface area contributed by atoms with Crippen molar-refractivity contribution in [3.05, 3.63) is 52.8 Å². The van der Waals surface area contributed by atoms with Crippen molar-refractivity contribution >= 4 is 17.6 Å². The smallest absolute Gasteiger partial charge is 0.307 e. The first kappa shape index (κ1) is 14.6. The van der Waals surface area contributed by atoms with E-state index in [1.165, 1.54) is 0 Å². The molecule has 1 N–H and O–H groups in total. The highest BCUT2D eigenvalue weighted by Crippen LogP contribution is 2.21. The number of rotatable bonds is 6. The first-order valence-electron chi connectivity index (χ1n) is 6.57. The average Bonchev–Trinajstić information content (AvgIpc) is 2.88. The zero-order chi connectivity index (χ0) is 14.5. The Labute approximate surface area is 123 Å². The molecule has 0 radical (unpaired) electrons. The highest BCUT2D eigenvalue weighted by molar-refractivity contribution is 6.31. The molecule has 0 fully saturated rings. The lowest BCUT2D eigenvalue weighted by atomic mass is 9.94. The maximum absolute atomic E-state index is 11.4. The SMILES string of the molecule is CCn1cc(CC(Cc2ccccc2Cl)C(=O)O)cn1. The molecule has 0 saturated heterocycles. The molecule has 0 aliphatic carbocycles. The number of benzene rings is 1. The van der Waals surface area contributed by atoms with Gasteiger partial charge in [0.25, 0.3) is 0 Å². The van der Waals surface area contributed by atoms with Crippen LogP contribution in [0.2, 0.25) is 5.02 Å². The van der Waals surface area contributed by atoms with Gasteiger partial charge < -0.3 is 5.11 Å². The van der Waals surface area contributed by atoms with E-state index in [1.54, 1.807) is 16.9 Å². The molecule has 1 unspecified atom stereocenters. The number of carboxylic acids is 1. The maximum Gasteiger partial charge on any atom is 0.307 e. The number of hydrogen-bond donors (Lipinski definition) is 1. The van der Waals surface area contributed by atoms with E-state index in [1.807, 2.05) is 31.3 Å². The van der Waals surface area contributed by atoms with Gasteiger partial charge in [-0.2, -0.15) is 5.10 Å². The van der Waals surface area contributed by atoms with Crippen molar-refractivity contribution in [2.45, 2.75) is 26.3 Å². The molecule has 2 rings (SSSR count). The first-order valence-corrected chi connectivity index (χ1v) is 6.95. The second-order valence-corrected chi connectivity index (χ2v) is 5.15. The highest BCUT2D eigenvalue weighted by Gasteiger charge is 2.20. The van der Waals surface area contributed by atoms with Crippen LogP contribution in [0.3, 0.4) is 0 Å². The summed E-state index contributed by atoms with van der Waals surface area (Å²) in [5.41, 5.74) is 1.80. The summed E-state index contributed by atoms with van der Waals surface area (Å²) in [4.78, 5) is 11.4. The van der Waals surface area contributed by atoms with Crippen LogP contribution in [0.1, 0.15) is 18.1 Å². The van der Waals surface area contributed by atoms with E-state index in [2.05, 4.69) is 5.10 Å². The summed E-state index contributed by atoms with van der Waals surface area (Å²) in [6.45, 7) is 2.78. The lowest BCUT2D eigenvalue weighted by molar-refractivity contribution is -0.141. The number of nitrogens with zero attached hydrogens (tertiary/aromatic N) is 2. The summed E-state index contributed by atoms with van der Waals surface area (Å²) < 4.78 is 1.80. The molecule has 0 aliphatic rings. The molecule has 0 spiro atoms. The van der Waals surface area contributed by atoms with Gasteiger partial charge in [-0.15, -0.1) is 0 Å². The molecule has 5 heteroatoms. The van der Waals surface area contributed by atoms with E-state index in [-0.39, 0.29) is 0 Å². The molecule has 0 bridgehead atoms. The Morgan fingerprint density at radius 2 is 2.15 bits per heavy atom. The molecule has 1 aromatic carbocycles. The van der Waals surface area contributed by atoms with Gasteiger partial charge in [0.15, 0.2) is 0 Å². The van der Waals surface area contributed by atoms with Gasteiger partial charge >= 0.3 is 5.97 Å². The van der Waals surface area contributed by atoms with Crippen molar-refractivity contribution < 1.29 is 9.90 Å². The predicted molar refractivity (Wildman–Crippen MR) is 77.9 cm³/mol. The number of carbonyl (C=O) groups is 1. The van der Waals surface area contributed by atoms with Crippen LogP contribution in [-0.4, -0.2) is 20.9 Å². The van der Waals surface area contributed by atoms with E-state index in [0.29, 0.717) is 17.9 Å². The number of hydrogen-bond acceptors (Lipinski definition) is 2. The quantitative estimate of drug-likeness (QED) is 0.890. The zero-order valence-corrected chi connectivity index (χ0v) is 12.0. The molecule has 106 valence electrons. The minimum Gasteiger partial charge on any atom is -0.481 e. The van der Waals surface area contributed by atoms with Gasteiger partial charge in [0.2, 0.25) is 0 Å². The topological polar surface area (TPSA) is 55.1 Å². The Bertz CT molecular complexity index is 595. The first-order chi connectivity index (χ1) is 9.60. The Kier molecular flexibility index (Phi) is 4.79. The molecule has 1 aromatic heterocycles. The number of carboxylic acid groups (broad SMARTS) is 1. The Balaban J connectivity index is 2.11. The maximum atomic E-state index is 11.4. The van der Waals surface area contributed by atoms with Gasteiger partial charge in [-0.1, -0.05) is 29.8 Å². The Morgan fingerprint density at radius 1 is 1.40 bits per heavy atom. The lowest BCUT2D eigenvalue weighted by Crippen LogP contribution is -2.19. The van der Waals surface area contributed by atoms with Gasteiger partial charge in [0.05, 0.1) is 12.1 Å². The monoisotopic (exact) mass is 292 g/mol. The summed E-state index contributed by atoms with van der Waals surface area (Å²) in [5.74, 6) is -1.31. The third-order valence-corrected chi connectivity index (χ3v) is 3.63.